The summed E-state index contributed by atoms with van der Waals surface area (Å²) in [5.41, 5.74) is 6.55. The van der Waals surface area contributed by atoms with Crippen LogP contribution in [-0.4, -0.2) is 0 Å². The van der Waals surface area contributed by atoms with Crippen molar-refractivity contribution in [2.24, 2.45) is 0 Å². The third kappa shape index (κ3) is 1.77. The van der Waals surface area contributed by atoms with Crippen LogP contribution in [-0.2, 0) is 11.8 Å². The van der Waals surface area contributed by atoms with Gasteiger partial charge in [-0.05, 0) is 29.2 Å². The molecule has 1 aliphatic heterocycles. The van der Waals surface area contributed by atoms with Gasteiger partial charge in [-0.3, -0.25) is 0 Å². The van der Waals surface area contributed by atoms with E-state index >= 15 is 0 Å². The third-order valence-corrected chi connectivity index (χ3v) is 4.05. The quantitative estimate of drug-likeness (QED) is 0.754. The lowest BCUT2D eigenvalue weighted by Gasteiger charge is -2.36. The van der Waals surface area contributed by atoms with Crippen LogP contribution >= 0.6 is 0 Å². The molecule has 1 heteroatoms. The molecule has 0 saturated carbocycles. The highest BCUT2D eigenvalue weighted by Gasteiger charge is 2.32. The van der Waals surface area contributed by atoms with E-state index in [0.29, 0.717) is 0 Å². The topological polar surface area (TPSA) is 12.0 Å². The Morgan fingerprint density at radius 3 is 2.58 bits per heavy atom. The average molecular weight is 249 g/mol. The van der Waals surface area contributed by atoms with E-state index in [4.69, 9.17) is 0 Å². The molecule has 0 radical (unpaired) electrons. The molecule has 0 atom stereocenters. The molecular formula is C18H19N. The number of allylic oxidation sites excluding steroid dienone is 1. The van der Waals surface area contributed by atoms with Crippen molar-refractivity contribution in [2.75, 3.05) is 5.32 Å². The molecule has 2 aromatic rings. The molecule has 0 spiro atoms. The second-order valence-electron chi connectivity index (χ2n) is 5.63. The first-order valence-electron chi connectivity index (χ1n) is 6.74. The van der Waals surface area contributed by atoms with Crippen LogP contribution in [0.15, 0.2) is 55.1 Å². The van der Waals surface area contributed by atoms with E-state index in [0.717, 1.165) is 6.42 Å². The molecule has 1 N–H and O–H groups in total. The Morgan fingerprint density at radius 2 is 1.79 bits per heavy atom. The lowest BCUT2D eigenvalue weighted by molar-refractivity contribution is 0.637. The molecular weight excluding hydrogens is 230 g/mol. The summed E-state index contributed by atoms with van der Waals surface area (Å²) in [7, 11) is 0. The number of para-hydroxylation sites is 2. The summed E-state index contributed by atoms with van der Waals surface area (Å²) in [5, 5.41) is 3.60. The molecule has 0 aliphatic carbocycles. The normalized spacial score (nSPS) is 15.1. The van der Waals surface area contributed by atoms with E-state index < -0.39 is 0 Å². The summed E-state index contributed by atoms with van der Waals surface area (Å²) in [6, 6.07) is 15.1. The van der Waals surface area contributed by atoms with Gasteiger partial charge in [0.25, 0.3) is 0 Å². The summed E-state index contributed by atoms with van der Waals surface area (Å²) < 4.78 is 0. The minimum Gasteiger partial charge on any atom is -0.355 e. The van der Waals surface area contributed by atoms with Crippen molar-refractivity contribution < 1.29 is 0 Å². The minimum atomic E-state index is 0.0361. The molecule has 0 unspecified atom stereocenters. The predicted molar refractivity (Wildman–Crippen MR) is 82.2 cm³/mol. The maximum Gasteiger partial charge on any atom is 0.0461 e. The largest absolute Gasteiger partial charge is 0.355 e. The highest BCUT2D eigenvalue weighted by atomic mass is 14.9. The Kier molecular flexibility index (Phi) is 2.70. The van der Waals surface area contributed by atoms with Crippen molar-refractivity contribution in [1.29, 1.82) is 0 Å². The zero-order valence-electron chi connectivity index (χ0n) is 11.5. The lowest BCUT2D eigenvalue weighted by Crippen LogP contribution is -2.26. The van der Waals surface area contributed by atoms with Gasteiger partial charge in [0.1, 0.15) is 0 Å². The number of hydrogen-bond donors (Lipinski definition) is 1. The Balaban J connectivity index is 2.23. The van der Waals surface area contributed by atoms with Gasteiger partial charge in [-0.25, -0.2) is 0 Å². The van der Waals surface area contributed by atoms with Gasteiger partial charge < -0.3 is 5.32 Å². The fourth-order valence-corrected chi connectivity index (χ4v) is 3.01. The molecule has 96 valence electrons. The minimum absolute atomic E-state index is 0.0361. The van der Waals surface area contributed by atoms with Crippen LogP contribution in [0.3, 0.4) is 0 Å². The van der Waals surface area contributed by atoms with Crippen molar-refractivity contribution in [3.05, 3.63) is 71.8 Å². The van der Waals surface area contributed by atoms with E-state index in [1.807, 2.05) is 6.08 Å². The maximum absolute atomic E-state index is 3.86. The second-order valence-corrected chi connectivity index (χ2v) is 5.63. The summed E-state index contributed by atoms with van der Waals surface area (Å²) in [4.78, 5) is 0. The van der Waals surface area contributed by atoms with Crippen molar-refractivity contribution in [3.63, 3.8) is 0 Å². The maximum atomic E-state index is 3.86. The van der Waals surface area contributed by atoms with Gasteiger partial charge in [-0.15, -0.1) is 6.58 Å². The Bertz CT molecular complexity index is 638. The Labute approximate surface area is 115 Å². The second kappa shape index (κ2) is 4.27. The molecule has 1 heterocycles. The van der Waals surface area contributed by atoms with Crippen LogP contribution in [0.2, 0.25) is 0 Å². The van der Waals surface area contributed by atoms with Gasteiger partial charge in [0.05, 0.1) is 0 Å². The van der Waals surface area contributed by atoms with Gasteiger partial charge >= 0.3 is 0 Å². The van der Waals surface area contributed by atoms with Crippen LogP contribution in [0.25, 0.3) is 0 Å². The van der Waals surface area contributed by atoms with Crippen molar-refractivity contribution in [1.82, 2.24) is 0 Å². The molecule has 0 fully saturated rings. The smallest absolute Gasteiger partial charge is 0.0461 e. The molecule has 0 bridgehead atoms. The van der Waals surface area contributed by atoms with Gasteiger partial charge in [0, 0.05) is 16.8 Å². The fourth-order valence-electron chi connectivity index (χ4n) is 3.01. The summed E-state index contributed by atoms with van der Waals surface area (Å²) in [6.07, 6.45) is 2.86. The number of anilines is 2. The molecule has 3 rings (SSSR count). The summed E-state index contributed by atoms with van der Waals surface area (Å²) in [6.45, 7) is 8.45. The molecule has 1 aliphatic rings. The zero-order chi connectivity index (χ0) is 13.5. The monoisotopic (exact) mass is 249 g/mol. The van der Waals surface area contributed by atoms with E-state index in [9.17, 15) is 0 Å². The molecule has 0 aromatic heterocycles. The highest BCUT2D eigenvalue weighted by Crippen LogP contribution is 2.46. The van der Waals surface area contributed by atoms with E-state index in [2.05, 4.69) is 68.2 Å². The molecule has 2 aromatic carbocycles. The number of benzene rings is 2. The van der Waals surface area contributed by atoms with Crippen molar-refractivity contribution >= 4 is 11.4 Å². The van der Waals surface area contributed by atoms with E-state index in [1.54, 1.807) is 0 Å². The summed E-state index contributed by atoms with van der Waals surface area (Å²) >= 11 is 0. The number of rotatable bonds is 2. The predicted octanol–water partition coefficient (Wildman–Crippen LogP) is 4.80. The fraction of sp³-hybridized carbons (Fsp3) is 0.222. The van der Waals surface area contributed by atoms with Crippen LogP contribution in [0, 0.1) is 0 Å². The van der Waals surface area contributed by atoms with Gasteiger partial charge in [0.2, 0.25) is 0 Å². The van der Waals surface area contributed by atoms with Gasteiger partial charge in [-0.2, -0.15) is 0 Å². The van der Waals surface area contributed by atoms with Crippen LogP contribution in [0.4, 0.5) is 11.4 Å². The van der Waals surface area contributed by atoms with Crippen molar-refractivity contribution in [3.8, 4) is 0 Å². The standard InChI is InChI=1S/C18H19N/c1-4-8-13-9-7-11-15-17(13)19-16-12-6-5-10-14(16)18(15,2)3/h4-7,9-12,19H,1,8H2,2-3H3. The van der Waals surface area contributed by atoms with E-state index in [-0.39, 0.29) is 5.41 Å². The SMILES string of the molecule is C=CCc1cccc2c1Nc1ccccc1C2(C)C. The van der Waals surface area contributed by atoms with E-state index in [1.165, 1.54) is 28.1 Å². The number of hydrogen-bond acceptors (Lipinski definition) is 1. The van der Waals surface area contributed by atoms with Crippen LogP contribution in [0.1, 0.15) is 30.5 Å². The van der Waals surface area contributed by atoms with Gasteiger partial charge in [-0.1, -0.05) is 56.3 Å². The Hall–Kier alpha value is -2.02. The first-order valence-corrected chi connectivity index (χ1v) is 6.74. The number of nitrogens with one attached hydrogen (secondary N) is 1. The molecule has 0 saturated heterocycles. The molecule has 1 nitrogen and oxygen atoms in total. The van der Waals surface area contributed by atoms with Crippen LogP contribution in [0.5, 0.6) is 0 Å². The highest BCUT2D eigenvalue weighted by molar-refractivity contribution is 5.77. The average Bonchev–Trinajstić information content (AvgIpc) is 2.40. The molecule has 0 amide bonds. The zero-order valence-corrected chi connectivity index (χ0v) is 11.5. The van der Waals surface area contributed by atoms with Crippen molar-refractivity contribution in [2.45, 2.75) is 25.7 Å². The van der Waals surface area contributed by atoms with Gasteiger partial charge in [0.15, 0.2) is 0 Å². The number of fused-ring (bicyclic) bond motifs is 2. The first kappa shape index (κ1) is 12.0. The third-order valence-electron chi connectivity index (χ3n) is 4.05. The lowest BCUT2D eigenvalue weighted by atomic mass is 9.73. The van der Waals surface area contributed by atoms with Crippen LogP contribution < -0.4 is 5.32 Å². The Morgan fingerprint density at radius 1 is 1.05 bits per heavy atom. The first-order chi connectivity index (χ1) is 9.14. The molecule has 19 heavy (non-hydrogen) atoms. The summed E-state index contributed by atoms with van der Waals surface area (Å²) in [5.74, 6) is 0.